The number of rotatable bonds is 7. The Hall–Kier alpha value is -1.27. The van der Waals surface area contributed by atoms with Gasteiger partial charge in [-0.25, -0.2) is 13.1 Å². The highest BCUT2D eigenvalue weighted by molar-refractivity contribution is 7.89. The van der Waals surface area contributed by atoms with Gasteiger partial charge in [-0.15, -0.1) is 0 Å². The molecule has 0 radical (unpaired) electrons. The van der Waals surface area contributed by atoms with Crippen LogP contribution in [0, 0.1) is 0 Å². The normalized spacial score (nSPS) is 16.8. The van der Waals surface area contributed by atoms with E-state index < -0.39 is 15.6 Å². The second-order valence-corrected chi connectivity index (χ2v) is 6.91. The lowest BCUT2D eigenvalue weighted by Crippen LogP contribution is -2.36. The zero-order valence-electron chi connectivity index (χ0n) is 12.1. The molecule has 6 heteroatoms. The van der Waals surface area contributed by atoms with Crippen LogP contribution in [0.4, 0.5) is 0 Å². The predicted octanol–water partition coefficient (Wildman–Crippen LogP) is 2.02. The van der Waals surface area contributed by atoms with E-state index in [1.54, 1.807) is 14.2 Å². The summed E-state index contributed by atoms with van der Waals surface area (Å²) in [4.78, 5) is 0. The van der Waals surface area contributed by atoms with Gasteiger partial charge in [0.15, 0.2) is 11.5 Å². The average Bonchev–Trinajstić information content (AvgIpc) is 3.17. The molecule has 5 nitrogen and oxygen atoms in total. The number of hydrogen-bond acceptors (Lipinski definition) is 4. The number of benzene rings is 1. The lowest BCUT2D eigenvalue weighted by atomic mass is 10.1. The van der Waals surface area contributed by atoms with Crippen LogP contribution in [0.3, 0.4) is 0 Å². The Balaban J connectivity index is 2.27. The second-order valence-electron chi connectivity index (χ2n) is 5.07. The highest BCUT2D eigenvalue weighted by atomic mass is 32.2. The van der Waals surface area contributed by atoms with Crippen molar-refractivity contribution >= 4 is 10.0 Å². The quantitative estimate of drug-likeness (QED) is 0.836. The fourth-order valence-corrected chi connectivity index (χ4v) is 3.88. The molecule has 0 heterocycles. The van der Waals surface area contributed by atoms with E-state index in [2.05, 4.69) is 4.72 Å². The molecule has 1 aromatic rings. The molecule has 0 amide bonds. The van der Waals surface area contributed by atoms with Gasteiger partial charge in [-0.2, -0.15) is 0 Å². The third-order valence-electron chi connectivity index (χ3n) is 3.51. The van der Waals surface area contributed by atoms with Gasteiger partial charge in [-0.1, -0.05) is 13.0 Å². The third-order valence-corrected chi connectivity index (χ3v) is 5.16. The van der Waals surface area contributed by atoms with Crippen molar-refractivity contribution in [3.63, 3.8) is 0 Å². The molecule has 0 unspecified atom stereocenters. The molecule has 20 heavy (non-hydrogen) atoms. The van der Waals surface area contributed by atoms with E-state index in [0.29, 0.717) is 17.9 Å². The summed E-state index contributed by atoms with van der Waals surface area (Å²) in [5, 5.41) is 0. The van der Waals surface area contributed by atoms with Gasteiger partial charge in [0.25, 0.3) is 0 Å². The first-order valence-corrected chi connectivity index (χ1v) is 8.36. The van der Waals surface area contributed by atoms with Gasteiger partial charge in [-0.3, -0.25) is 0 Å². The monoisotopic (exact) mass is 299 g/mol. The van der Waals surface area contributed by atoms with Gasteiger partial charge < -0.3 is 9.47 Å². The first-order valence-electron chi connectivity index (χ1n) is 6.70. The van der Waals surface area contributed by atoms with Crippen LogP contribution in [-0.4, -0.2) is 28.4 Å². The molecule has 1 aliphatic carbocycles. The van der Waals surface area contributed by atoms with Gasteiger partial charge in [0.05, 0.1) is 25.5 Å². The Morgan fingerprint density at radius 3 is 2.35 bits per heavy atom. The number of sulfonamides is 1. The molecule has 112 valence electrons. The summed E-state index contributed by atoms with van der Waals surface area (Å²) in [5.74, 6) is 1.41. The maximum absolute atomic E-state index is 12.0. The summed E-state index contributed by atoms with van der Waals surface area (Å²) in [5.41, 5.74) is 0.461. The fraction of sp³-hybridized carbons (Fsp3) is 0.571. The average molecular weight is 299 g/mol. The van der Waals surface area contributed by atoms with Crippen molar-refractivity contribution in [2.45, 2.75) is 31.7 Å². The Morgan fingerprint density at radius 1 is 1.20 bits per heavy atom. The maximum atomic E-state index is 12.0. The SMILES string of the molecule is CCCS(=O)(=O)NC1(c2ccc(OC)c(OC)c2)CC1. The summed E-state index contributed by atoms with van der Waals surface area (Å²) in [6.45, 7) is 1.86. The van der Waals surface area contributed by atoms with Gasteiger partial charge in [0.1, 0.15) is 0 Å². The van der Waals surface area contributed by atoms with Crippen LogP contribution in [0.5, 0.6) is 11.5 Å². The van der Waals surface area contributed by atoms with Crippen molar-refractivity contribution in [1.29, 1.82) is 0 Å². The lowest BCUT2D eigenvalue weighted by Gasteiger charge is -2.19. The van der Waals surface area contributed by atoms with Gasteiger partial charge in [0, 0.05) is 0 Å². The van der Waals surface area contributed by atoms with Crippen LogP contribution < -0.4 is 14.2 Å². The van der Waals surface area contributed by atoms with E-state index in [9.17, 15) is 8.42 Å². The van der Waals surface area contributed by atoms with E-state index in [-0.39, 0.29) is 5.75 Å². The van der Waals surface area contributed by atoms with Crippen LogP contribution in [0.15, 0.2) is 18.2 Å². The Kier molecular flexibility index (Phi) is 4.25. The van der Waals surface area contributed by atoms with Crippen LogP contribution in [0.25, 0.3) is 0 Å². The van der Waals surface area contributed by atoms with Crippen molar-refractivity contribution in [2.75, 3.05) is 20.0 Å². The van der Waals surface area contributed by atoms with Crippen LogP contribution >= 0.6 is 0 Å². The summed E-state index contributed by atoms with van der Waals surface area (Å²) in [6, 6.07) is 5.55. The maximum Gasteiger partial charge on any atom is 0.212 e. The second kappa shape index (κ2) is 5.61. The van der Waals surface area contributed by atoms with Crippen LogP contribution in [0.1, 0.15) is 31.7 Å². The minimum Gasteiger partial charge on any atom is -0.493 e. The van der Waals surface area contributed by atoms with Crippen LogP contribution in [-0.2, 0) is 15.6 Å². The van der Waals surface area contributed by atoms with Crippen molar-refractivity contribution < 1.29 is 17.9 Å². The molecule has 1 aromatic carbocycles. The molecule has 0 saturated heterocycles. The largest absolute Gasteiger partial charge is 0.493 e. The van der Waals surface area contributed by atoms with Crippen molar-refractivity contribution in [2.24, 2.45) is 0 Å². The molecule has 1 fully saturated rings. The lowest BCUT2D eigenvalue weighted by molar-refractivity contribution is 0.354. The van der Waals surface area contributed by atoms with E-state index in [4.69, 9.17) is 9.47 Å². The molecule has 1 N–H and O–H groups in total. The molecule has 0 atom stereocenters. The molecule has 0 bridgehead atoms. The zero-order chi connectivity index (χ0) is 14.8. The first-order chi connectivity index (χ1) is 9.46. The summed E-state index contributed by atoms with van der Waals surface area (Å²) >= 11 is 0. The van der Waals surface area contributed by atoms with E-state index in [1.165, 1.54) is 0 Å². The minimum absolute atomic E-state index is 0.155. The fourth-order valence-electron chi connectivity index (χ4n) is 2.33. The molecule has 1 saturated carbocycles. The molecule has 0 spiro atoms. The van der Waals surface area contributed by atoms with Crippen LogP contribution in [0.2, 0.25) is 0 Å². The minimum atomic E-state index is -3.23. The molecule has 1 aliphatic rings. The van der Waals surface area contributed by atoms with E-state index >= 15 is 0 Å². The Labute approximate surface area is 120 Å². The predicted molar refractivity (Wildman–Crippen MR) is 77.7 cm³/mol. The topological polar surface area (TPSA) is 64.6 Å². The molecular weight excluding hydrogens is 278 g/mol. The number of methoxy groups -OCH3 is 2. The van der Waals surface area contributed by atoms with Crippen molar-refractivity contribution in [3.8, 4) is 11.5 Å². The van der Waals surface area contributed by atoms with Gasteiger partial charge >= 0.3 is 0 Å². The van der Waals surface area contributed by atoms with E-state index in [0.717, 1.165) is 18.4 Å². The first kappa shape index (κ1) is 15.1. The van der Waals surface area contributed by atoms with E-state index in [1.807, 2.05) is 25.1 Å². The molecule has 0 aromatic heterocycles. The smallest absolute Gasteiger partial charge is 0.212 e. The zero-order valence-corrected chi connectivity index (χ0v) is 12.9. The Bertz CT molecular complexity index is 579. The summed E-state index contributed by atoms with van der Waals surface area (Å²) in [6.07, 6.45) is 2.23. The molecule has 0 aliphatic heterocycles. The van der Waals surface area contributed by atoms with Gasteiger partial charge in [-0.05, 0) is 37.0 Å². The third kappa shape index (κ3) is 3.07. The van der Waals surface area contributed by atoms with Crippen molar-refractivity contribution in [3.05, 3.63) is 23.8 Å². The highest BCUT2D eigenvalue weighted by Gasteiger charge is 2.47. The Morgan fingerprint density at radius 2 is 1.85 bits per heavy atom. The molecular formula is C14H21NO4S. The molecule has 2 rings (SSSR count). The van der Waals surface area contributed by atoms with Crippen molar-refractivity contribution in [1.82, 2.24) is 4.72 Å². The standard InChI is InChI=1S/C14H21NO4S/c1-4-9-20(16,17)15-14(7-8-14)11-5-6-12(18-2)13(10-11)19-3/h5-6,10,15H,4,7-9H2,1-3H3. The summed E-state index contributed by atoms with van der Waals surface area (Å²) < 4.78 is 37.2. The number of hydrogen-bond donors (Lipinski definition) is 1. The number of nitrogens with one attached hydrogen (secondary N) is 1. The summed E-state index contributed by atoms with van der Waals surface area (Å²) in [7, 11) is -0.0827. The van der Waals surface area contributed by atoms with Gasteiger partial charge in [0.2, 0.25) is 10.0 Å². The number of ether oxygens (including phenoxy) is 2. The highest BCUT2D eigenvalue weighted by Crippen LogP contribution is 2.48.